The van der Waals surface area contributed by atoms with Crippen LogP contribution in [0.25, 0.3) is 22.3 Å². The lowest BCUT2D eigenvalue weighted by Gasteiger charge is -2.29. The topological polar surface area (TPSA) is 43.3 Å². The Labute approximate surface area is 312 Å². The van der Waals surface area contributed by atoms with Crippen LogP contribution in [0.15, 0.2) is 170 Å². The van der Waals surface area contributed by atoms with Crippen molar-refractivity contribution >= 4 is 29.1 Å². The zero-order valence-electron chi connectivity index (χ0n) is 30.2. The number of halogens is 1. The molecule has 0 spiro atoms. The van der Waals surface area contributed by atoms with Gasteiger partial charge in [-0.3, -0.25) is 4.79 Å². The van der Waals surface area contributed by atoms with E-state index in [0.29, 0.717) is 18.4 Å². The minimum Gasteiger partial charge on any atom is -0.497 e. The highest BCUT2D eigenvalue weighted by Crippen LogP contribution is 2.60. The fourth-order valence-electron chi connectivity index (χ4n) is 7.40. The number of aromatic nitrogens is 1. The molecular formula is C47H43FN2O2P+. The first-order chi connectivity index (χ1) is 25.9. The Morgan fingerprint density at radius 1 is 0.642 bits per heavy atom. The van der Waals surface area contributed by atoms with Crippen molar-refractivity contribution in [2.24, 2.45) is 0 Å². The zero-order chi connectivity index (χ0) is 36.8. The fraction of sp³-hybridized carbons (Fsp3) is 0.128. The summed E-state index contributed by atoms with van der Waals surface area (Å²) in [5.41, 5.74) is 6.13. The number of amides is 1. The van der Waals surface area contributed by atoms with E-state index in [1.54, 1.807) is 7.11 Å². The lowest BCUT2D eigenvalue weighted by molar-refractivity contribution is 0.0940. The third-order valence-corrected chi connectivity index (χ3v) is 14.1. The van der Waals surface area contributed by atoms with Gasteiger partial charge in [-0.05, 0) is 91.2 Å². The van der Waals surface area contributed by atoms with E-state index < -0.39 is 7.26 Å². The third-order valence-electron chi connectivity index (χ3n) is 9.82. The molecule has 7 rings (SSSR count). The molecule has 1 aromatic heterocycles. The van der Waals surface area contributed by atoms with E-state index in [2.05, 4.69) is 127 Å². The van der Waals surface area contributed by atoms with Gasteiger partial charge in [0.25, 0.3) is 5.91 Å². The van der Waals surface area contributed by atoms with Crippen LogP contribution in [-0.2, 0) is 12.7 Å². The number of nitrogens with one attached hydrogen (secondary N) is 1. The largest absolute Gasteiger partial charge is 0.497 e. The molecule has 0 saturated carbocycles. The highest BCUT2D eigenvalue weighted by Gasteiger charge is 2.48. The fourth-order valence-corrected chi connectivity index (χ4v) is 11.6. The molecule has 264 valence electrons. The predicted octanol–water partition coefficient (Wildman–Crippen LogP) is 9.97. The van der Waals surface area contributed by atoms with Crippen molar-refractivity contribution in [2.75, 3.05) is 7.11 Å². The van der Waals surface area contributed by atoms with Crippen molar-refractivity contribution in [1.82, 2.24) is 9.88 Å². The average molecular weight is 718 g/mol. The quantitative estimate of drug-likeness (QED) is 0.128. The Kier molecular flexibility index (Phi) is 10.7. The highest BCUT2D eigenvalue weighted by molar-refractivity contribution is 7.95. The van der Waals surface area contributed by atoms with Crippen molar-refractivity contribution in [3.05, 3.63) is 193 Å². The SMILES string of the molecule is COc1ccc(CNC(=O)c2c(-c3ccccc3)c(-c3ccc(F)cc3)c(C[P+](c3ccccc3)(c3ccccc3)c3ccccc3)n2C(C)C)cc1. The summed E-state index contributed by atoms with van der Waals surface area (Å²) in [4.78, 5) is 14.9. The van der Waals surface area contributed by atoms with E-state index in [1.165, 1.54) is 28.0 Å². The molecule has 53 heavy (non-hydrogen) atoms. The Hall–Kier alpha value is -5.77. The van der Waals surface area contributed by atoms with Gasteiger partial charge in [-0.15, -0.1) is 0 Å². The van der Waals surface area contributed by atoms with Crippen LogP contribution in [0.1, 0.15) is 41.6 Å². The summed E-state index contributed by atoms with van der Waals surface area (Å²) < 4.78 is 22.2. The number of ether oxygens (including phenoxy) is 1. The molecule has 0 bridgehead atoms. The second-order valence-electron chi connectivity index (χ2n) is 13.4. The van der Waals surface area contributed by atoms with Crippen LogP contribution >= 0.6 is 7.26 Å². The Morgan fingerprint density at radius 2 is 1.11 bits per heavy atom. The Bertz CT molecular complexity index is 2180. The number of nitrogens with zero attached hydrogens (tertiary/aromatic N) is 1. The summed E-state index contributed by atoms with van der Waals surface area (Å²) in [6.07, 6.45) is 0.627. The first-order valence-electron chi connectivity index (χ1n) is 17.9. The maximum Gasteiger partial charge on any atom is 0.268 e. The maximum absolute atomic E-state index is 14.9. The van der Waals surface area contributed by atoms with E-state index in [4.69, 9.17) is 4.74 Å². The van der Waals surface area contributed by atoms with E-state index in [-0.39, 0.29) is 17.8 Å². The van der Waals surface area contributed by atoms with Gasteiger partial charge in [0, 0.05) is 23.7 Å². The van der Waals surface area contributed by atoms with Gasteiger partial charge in [-0.25, -0.2) is 4.39 Å². The minimum atomic E-state index is -2.44. The van der Waals surface area contributed by atoms with Gasteiger partial charge in [0.2, 0.25) is 0 Å². The van der Waals surface area contributed by atoms with Crippen molar-refractivity contribution in [3.8, 4) is 28.0 Å². The Morgan fingerprint density at radius 3 is 1.58 bits per heavy atom. The van der Waals surface area contributed by atoms with E-state index in [1.807, 2.05) is 54.6 Å². The molecule has 1 amide bonds. The van der Waals surface area contributed by atoms with Crippen LogP contribution in [-0.4, -0.2) is 17.6 Å². The molecule has 1 N–H and O–H groups in total. The van der Waals surface area contributed by atoms with Gasteiger partial charge in [-0.2, -0.15) is 0 Å². The molecular weight excluding hydrogens is 675 g/mol. The number of carbonyl (C=O) groups excluding carboxylic acids is 1. The zero-order valence-corrected chi connectivity index (χ0v) is 31.1. The molecule has 1 heterocycles. The number of hydrogen-bond acceptors (Lipinski definition) is 2. The number of carbonyl (C=O) groups is 1. The van der Waals surface area contributed by atoms with Gasteiger partial charge >= 0.3 is 0 Å². The Balaban J connectivity index is 1.54. The van der Waals surface area contributed by atoms with Crippen LogP contribution in [0.3, 0.4) is 0 Å². The molecule has 0 fully saturated rings. The van der Waals surface area contributed by atoms with Crippen molar-refractivity contribution in [3.63, 3.8) is 0 Å². The maximum atomic E-state index is 14.9. The first-order valence-corrected chi connectivity index (χ1v) is 19.9. The van der Waals surface area contributed by atoms with Gasteiger partial charge in [0.1, 0.15) is 46.6 Å². The van der Waals surface area contributed by atoms with Crippen molar-refractivity contribution < 1.29 is 13.9 Å². The van der Waals surface area contributed by atoms with Gasteiger partial charge in [-0.1, -0.05) is 109 Å². The van der Waals surface area contributed by atoms with Crippen molar-refractivity contribution in [2.45, 2.75) is 32.6 Å². The second-order valence-corrected chi connectivity index (χ2v) is 16.9. The van der Waals surface area contributed by atoms with Gasteiger partial charge in [0.05, 0.1) is 12.8 Å². The molecule has 4 nitrogen and oxygen atoms in total. The van der Waals surface area contributed by atoms with Crippen molar-refractivity contribution in [1.29, 1.82) is 0 Å². The molecule has 0 radical (unpaired) electrons. The number of rotatable bonds is 12. The summed E-state index contributed by atoms with van der Waals surface area (Å²) in [7, 11) is -0.795. The standard InChI is InChI=1S/C47H42FN2O2P/c1-34(2)50-43(33-53(40-18-10-5-11-19-40,41-20-12-6-13-21-41)42-22-14-7-15-23-42)44(37-26-28-38(48)29-27-37)45(36-16-8-4-9-17-36)46(50)47(51)49-32-35-24-30-39(52-3)31-25-35/h4-31,34H,32-33H2,1-3H3/p+1. The molecule has 0 saturated heterocycles. The van der Waals surface area contributed by atoms with Gasteiger partial charge < -0.3 is 14.6 Å². The summed E-state index contributed by atoms with van der Waals surface area (Å²) in [5, 5.41) is 6.99. The molecule has 0 aliphatic heterocycles. The van der Waals surface area contributed by atoms with E-state index in [9.17, 15) is 9.18 Å². The lowest BCUT2D eigenvalue weighted by Crippen LogP contribution is -2.33. The summed E-state index contributed by atoms with van der Waals surface area (Å²) in [6.45, 7) is 4.62. The predicted molar refractivity (Wildman–Crippen MR) is 219 cm³/mol. The summed E-state index contributed by atoms with van der Waals surface area (Å²) in [5.74, 6) is 0.277. The number of methoxy groups -OCH3 is 1. The molecule has 0 aliphatic carbocycles. The van der Waals surface area contributed by atoms with Gasteiger partial charge in [0.15, 0.2) is 0 Å². The molecule has 0 atom stereocenters. The van der Waals surface area contributed by atoms with E-state index >= 15 is 0 Å². The molecule has 6 aromatic carbocycles. The molecule has 0 aliphatic rings. The lowest BCUT2D eigenvalue weighted by atomic mass is 9.94. The number of hydrogen-bond donors (Lipinski definition) is 1. The number of benzene rings is 6. The summed E-state index contributed by atoms with van der Waals surface area (Å²) in [6, 6.07) is 56.8. The first kappa shape index (κ1) is 35.6. The normalized spacial score (nSPS) is 11.4. The summed E-state index contributed by atoms with van der Waals surface area (Å²) >= 11 is 0. The molecule has 0 unspecified atom stereocenters. The van der Waals surface area contributed by atoms with Crippen LogP contribution in [0.2, 0.25) is 0 Å². The molecule has 6 heteroatoms. The van der Waals surface area contributed by atoms with E-state index in [0.717, 1.165) is 39.3 Å². The average Bonchev–Trinajstić information content (AvgIpc) is 3.55. The highest BCUT2D eigenvalue weighted by atomic mass is 31.2. The van der Waals surface area contributed by atoms with Crippen LogP contribution in [0.5, 0.6) is 5.75 Å². The van der Waals surface area contributed by atoms with Crippen LogP contribution < -0.4 is 26.0 Å². The minimum absolute atomic E-state index is 0.0902. The third kappa shape index (κ3) is 7.18. The molecule has 7 aromatic rings. The van der Waals surface area contributed by atoms with Crippen LogP contribution in [0, 0.1) is 5.82 Å². The monoisotopic (exact) mass is 717 g/mol. The second kappa shape index (κ2) is 15.9. The van der Waals surface area contributed by atoms with Crippen LogP contribution in [0.4, 0.5) is 4.39 Å². The smallest absolute Gasteiger partial charge is 0.268 e.